The molecule has 1 heterocycles. The van der Waals surface area contributed by atoms with Gasteiger partial charge in [0, 0.05) is 5.92 Å². The molecule has 54 valence electrons. The first kappa shape index (κ1) is 7.13. The van der Waals surface area contributed by atoms with Crippen LogP contribution in [0.5, 0.6) is 0 Å². The van der Waals surface area contributed by atoms with Crippen LogP contribution in [0.1, 0.15) is 6.92 Å². The second-order valence-corrected chi connectivity index (χ2v) is 2.39. The first-order chi connectivity index (χ1) is 4.88. The summed E-state index contributed by atoms with van der Waals surface area (Å²) in [5, 5.41) is 3.19. The molecule has 2 atom stereocenters. The fourth-order valence-corrected chi connectivity index (χ4v) is 1.14. The van der Waals surface area contributed by atoms with E-state index in [1.807, 2.05) is 19.2 Å². The zero-order valence-corrected chi connectivity index (χ0v) is 6.25. The number of hydrogen-bond acceptors (Lipinski definition) is 1. The average Bonchev–Trinajstić information content (AvgIpc) is 2.36. The van der Waals surface area contributed by atoms with Crippen LogP contribution in [0.15, 0.2) is 37.1 Å². The van der Waals surface area contributed by atoms with Crippen molar-refractivity contribution >= 4 is 0 Å². The third kappa shape index (κ3) is 1.29. The molecule has 0 bridgehead atoms. The van der Waals surface area contributed by atoms with Crippen LogP contribution >= 0.6 is 0 Å². The van der Waals surface area contributed by atoms with Crippen molar-refractivity contribution in [2.45, 2.75) is 13.0 Å². The van der Waals surface area contributed by atoms with Crippen LogP contribution < -0.4 is 5.32 Å². The molecule has 1 aliphatic rings. The topological polar surface area (TPSA) is 12.0 Å². The summed E-state index contributed by atoms with van der Waals surface area (Å²) in [7, 11) is 0. The minimum absolute atomic E-state index is 0.399. The normalized spacial score (nSPS) is 30.9. The second kappa shape index (κ2) is 3.25. The molecule has 1 nitrogen and oxygen atoms in total. The summed E-state index contributed by atoms with van der Waals surface area (Å²) in [6, 6.07) is 0.399. The Morgan fingerprint density at radius 2 is 2.40 bits per heavy atom. The van der Waals surface area contributed by atoms with Gasteiger partial charge >= 0.3 is 0 Å². The van der Waals surface area contributed by atoms with Crippen LogP contribution in [-0.4, -0.2) is 6.04 Å². The lowest BCUT2D eigenvalue weighted by Gasteiger charge is -2.10. The van der Waals surface area contributed by atoms with Gasteiger partial charge in [-0.05, 0) is 13.1 Å². The lowest BCUT2D eigenvalue weighted by molar-refractivity contribution is 0.656. The Morgan fingerprint density at radius 3 is 3.00 bits per heavy atom. The van der Waals surface area contributed by atoms with Crippen LogP contribution in [0.25, 0.3) is 0 Å². The summed E-state index contributed by atoms with van der Waals surface area (Å²) >= 11 is 0. The highest BCUT2D eigenvalue weighted by Crippen LogP contribution is 2.13. The van der Waals surface area contributed by atoms with Crippen molar-refractivity contribution in [3.63, 3.8) is 0 Å². The van der Waals surface area contributed by atoms with Crippen molar-refractivity contribution < 1.29 is 0 Å². The molecule has 1 heteroatoms. The van der Waals surface area contributed by atoms with Gasteiger partial charge in [-0.3, -0.25) is 0 Å². The van der Waals surface area contributed by atoms with E-state index in [2.05, 4.69) is 30.1 Å². The van der Waals surface area contributed by atoms with Gasteiger partial charge < -0.3 is 5.32 Å². The molecule has 10 heavy (non-hydrogen) atoms. The molecule has 0 aromatic rings. The summed E-state index contributed by atoms with van der Waals surface area (Å²) in [6.07, 6.45) is 10.3. The van der Waals surface area contributed by atoms with E-state index < -0.39 is 0 Å². The van der Waals surface area contributed by atoms with Gasteiger partial charge in [-0.15, -0.1) is 6.58 Å². The molecule has 0 radical (unpaired) electrons. The Bertz CT molecular complexity index is 168. The highest BCUT2D eigenvalue weighted by atomic mass is 14.9. The molecule has 1 aliphatic heterocycles. The molecule has 0 spiro atoms. The van der Waals surface area contributed by atoms with Crippen molar-refractivity contribution in [1.82, 2.24) is 5.32 Å². The van der Waals surface area contributed by atoms with E-state index in [1.165, 1.54) is 0 Å². The lowest BCUT2D eigenvalue weighted by atomic mass is 10.0. The van der Waals surface area contributed by atoms with Crippen molar-refractivity contribution in [3.8, 4) is 0 Å². The first-order valence-electron chi connectivity index (χ1n) is 3.56. The van der Waals surface area contributed by atoms with E-state index in [1.54, 1.807) is 0 Å². The van der Waals surface area contributed by atoms with Gasteiger partial charge in [0.05, 0.1) is 6.04 Å². The Balaban J connectivity index is 2.56. The Hall–Kier alpha value is -0.980. The maximum atomic E-state index is 3.74. The molecular weight excluding hydrogens is 122 g/mol. The van der Waals surface area contributed by atoms with Crippen molar-refractivity contribution in [1.29, 1.82) is 0 Å². The molecular formula is C9H13N. The minimum atomic E-state index is 0.399. The quantitative estimate of drug-likeness (QED) is 0.570. The molecule has 0 saturated carbocycles. The van der Waals surface area contributed by atoms with E-state index in [4.69, 9.17) is 0 Å². The van der Waals surface area contributed by atoms with E-state index in [-0.39, 0.29) is 0 Å². The predicted octanol–water partition coefficient (Wildman–Crippen LogP) is 1.85. The standard InChI is InChI=1S/C9H13N/c1-3-5-8-6-7-10-9(8)4-2/h3-10H,2H2,1H3/b5-3-. The summed E-state index contributed by atoms with van der Waals surface area (Å²) in [5.41, 5.74) is 0. The maximum Gasteiger partial charge on any atom is 0.0534 e. The van der Waals surface area contributed by atoms with Gasteiger partial charge in [0.1, 0.15) is 0 Å². The highest BCUT2D eigenvalue weighted by molar-refractivity contribution is 5.15. The molecule has 0 aliphatic carbocycles. The van der Waals surface area contributed by atoms with Crippen LogP contribution in [-0.2, 0) is 0 Å². The van der Waals surface area contributed by atoms with E-state index in [0.29, 0.717) is 12.0 Å². The molecule has 0 aromatic heterocycles. The second-order valence-electron chi connectivity index (χ2n) is 2.39. The third-order valence-electron chi connectivity index (χ3n) is 1.69. The fourth-order valence-electron chi connectivity index (χ4n) is 1.14. The smallest absolute Gasteiger partial charge is 0.0534 e. The van der Waals surface area contributed by atoms with Crippen LogP contribution in [0.4, 0.5) is 0 Å². The third-order valence-corrected chi connectivity index (χ3v) is 1.69. The molecule has 1 rings (SSSR count). The minimum Gasteiger partial charge on any atom is -0.384 e. The van der Waals surface area contributed by atoms with Crippen LogP contribution in [0, 0.1) is 5.92 Å². The molecule has 0 fully saturated rings. The first-order valence-corrected chi connectivity index (χ1v) is 3.56. The molecule has 1 N–H and O–H groups in total. The van der Waals surface area contributed by atoms with Gasteiger partial charge in [-0.25, -0.2) is 0 Å². The van der Waals surface area contributed by atoms with Crippen molar-refractivity contribution in [2.75, 3.05) is 0 Å². The summed E-state index contributed by atoms with van der Waals surface area (Å²) in [6.45, 7) is 5.77. The molecule has 0 amide bonds. The maximum absolute atomic E-state index is 3.74. The zero-order valence-electron chi connectivity index (χ0n) is 6.25. The number of rotatable bonds is 2. The Kier molecular flexibility index (Phi) is 2.32. The molecule has 0 aromatic carbocycles. The Morgan fingerprint density at radius 1 is 1.60 bits per heavy atom. The fraction of sp³-hybridized carbons (Fsp3) is 0.333. The van der Waals surface area contributed by atoms with Crippen molar-refractivity contribution in [2.24, 2.45) is 5.92 Å². The van der Waals surface area contributed by atoms with E-state index >= 15 is 0 Å². The van der Waals surface area contributed by atoms with E-state index in [0.717, 1.165) is 0 Å². The van der Waals surface area contributed by atoms with Gasteiger partial charge in [0.15, 0.2) is 0 Å². The lowest BCUT2D eigenvalue weighted by Crippen LogP contribution is -2.22. The van der Waals surface area contributed by atoms with Gasteiger partial charge in [-0.1, -0.05) is 24.3 Å². The van der Waals surface area contributed by atoms with Gasteiger partial charge in [-0.2, -0.15) is 0 Å². The number of hydrogen-bond donors (Lipinski definition) is 1. The highest BCUT2D eigenvalue weighted by Gasteiger charge is 2.14. The van der Waals surface area contributed by atoms with Crippen molar-refractivity contribution in [3.05, 3.63) is 37.1 Å². The summed E-state index contributed by atoms with van der Waals surface area (Å²) in [4.78, 5) is 0. The number of allylic oxidation sites excluding steroid dienone is 1. The Labute approximate surface area is 62.1 Å². The molecule has 0 saturated heterocycles. The zero-order chi connectivity index (χ0) is 7.40. The largest absolute Gasteiger partial charge is 0.384 e. The SMILES string of the molecule is C=CC1NC=CC1/C=C\C. The molecule has 2 unspecified atom stereocenters. The van der Waals surface area contributed by atoms with E-state index in [9.17, 15) is 0 Å². The number of nitrogens with one attached hydrogen (secondary N) is 1. The van der Waals surface area contributed by atoms with Gasteiger partial charge in [0.25, 0.3) is 0 Å². The van der Waals surface area contributed by atoms with Crippen LogP contribution in [0.2, 0.25) is 0 Å². The predicted molar refractivity (Wildman–Crippen MR) is 44.6 cm³/mol. The monoisotopic (exact) mass is 135 g/mol. The van der Waals surface area contributed by atoms with Crippen LogP contribution in [0.3, 0.4) is 0 Å². The van der Waals surface area contributed by atoms with Gasteiger partial charge in [0.2, 0.25) is 0 Å². The average molecular weight is 135 g/mol. The summed E-state index contributed by atoms with van der Waals surface area (Å²) < 4.78 is 0. The summed E-state index contributed by atoms with van der Waals surface area (Å²) in [5.74, 6) is 0.502.